The largest absolute Gasteiger partial charge is 0.444 e. The minimum Gasteiger partial charge on any atom is -0.444 e. The van der Waals surface area contributed by atoms with Crippen LogP contribution in [0.4, 0.5) is 4.39 Å². The highest BCUT2D eigenvalue weighted by molar-refractivity contribution is 5.58. The third-order valence-electron chi connectivity index (χ3n) is 2.77. The van der Waals surface area contributed by atoms with E-state index >= 15 is 0 Å². The summed E-state index contributed by atoms with van der Waals surface area (Å²) in [5.41, 5.74) is 2.40. The molecule has 0 unspecified atom stereocenters. The van der Waals surface area contributed by atoms with E-state index in [0.29, 0.717) is 24.6 Å². The van der Waals surface area contributed by atoms with Gasteiger partial charge in [-0.25, -0.2) is 9.37 Å². The summed E-state index contributed by atoms with van der Waals surface area (Å²) < 4.78 is 23.6. The van der Waals surface area contributed by atoms with Crippen LogP contribution < -0.4 is 5.32 Å². The summed E-state index contributed by atoms with van der Waals surface area (Å²) in [6, 6.07) is 4.57. The number of oxazole rings is 1. The molecule has 1 heterocycles. The summed E-state index contributed by atoms with van der Waals surface area (Å²) in [4.78, 5) is 4.34. The molecule has 0 amide bonds. The first-order valence-corrected chi connectivity index (χ1v) is 6.11. The summed E-state index contributed by atoms with van der Waals surface area (Å²) in [7, 11) is 1.66. The number of rotatable bonds is 6. The molecule has 0 aliphatic heterocycles. The van der Waals surface area contributed by atoms with E-state index in [4.69, 9.17) is 9.15 Å². The smallest absolute Gasteiger partial charge is 0.226 e. The zero-order valence-electron chi connectivity index (χ0n) is 11.1. The molecule has 19 heavy (non-hydrogen) atoms. The van der Waals surface area contributed by atoms with Gasteiger partial charge in [-0.3, -0.25) is 0 Å². The van der Waals surface area contributed by atoms with Gasteiger partial charge in [0.1, 0.15) is 12.1 Å². The number of methoxy groups -OCH3 is 1. The molecule has 102 valence electrons. The average molecular weight is 264 g/mol. The maximum Gasteiger partial charge on any atom is 0.226 e. The van der Waals surface area contributed by atoms with Gasteiger partial charge in [0.05, 0.1) is 12.3 Å². The minimum absolute atomic E-state index is 0.293. The van der Waals surface area contributed by atoms with Crippen molar-refractivity contribution in [3.63, 3.8) is 0 Å². The normalized spacial score (nSPS) is 10.9. The van der Waals surface area contributed by atoms with Gasteiger partial charge < -0.3 is 14.5 Å². The summed E-state index contributed by atoms with van der Waals surface area (Å²) in [6.07, 6.45) is 1.58. The fourth-order valence-electron chi connectivity index (χ4n) is 1.73. The number of halogens is 1. The minimum atomic E-state index is -0.293. The number of ether oxygens (including phenoxy) is 1. The molecular weight excluding hydrogens is 247 g/mol. The predicted molar refractivity (Wildman–Crippen MR) is 70.2 cm³/mol. The number of aryl methyl sites for hydroxylation is 1. The molecule has 4 nitrogen and oxygen atoms in total. The van der Waals surface area contributed by atoms with Gasteiger partial charge in [-0.15, -0.1) is 0 Å². The Kier molecular flexibility index (Phi) is 4.65. The first kappa shape index (κ1) is 13.7. The summed E-state index contributed by atoms with van der Waals surface area (Å²) in [6.45, 7) is 3.89. The number of hydrogen-bond donors (Lipinski definition) is 1. The SMILES string of the molecule is COCCNCc1coc(-c2cc(F)ccc2C)n1. The van der Waals surface area contributed by atoms with Crippen molar-refractivity contribution in [2.45, 2.75) is 13.5 Å². The zero-order chi connectivity index (χ0) is 13.7. The number of nitrogens with one attached hydrogen (secondary N) is 1. The van der Waals surface area contributed by atoms with Crippen molar-refractivity contribution in [2.75, 3.05) is 20.3 Å². The van der Waals surface area contributed by atoms with E-state index in [1.54, 1.807) is 19.4 Å². The number of hydrogen-bond acceptors (Lipinski definition) is 4. The quantitative estimate of drug-likeness (QED) is 0.814. The van der Waals surface area contributed by atoms with Gasteiger partial charge in [-0.2, -0.15) is 0 Å². The summed E-state index contributed by atoms with van der Waals surface area (Å²) >= 11 is 0. The molecule has 0 aliphatic rings. The molecule has 0 radical (unpaired) electrons. The van der Waals surface area contributed by atoms with E-state index in [1.165, 1.54) is 12.1 Å². The molecular formula is C14H17FN2O2. The molecule has 0 fully saturated rings. The Morgan fingerprint density at radius 2 is 2.26 bits per heavy atom. The third-order valence-corrected chi connectivity index (χ3v) is 2.77. The van der Waals surface area contributed by atoms with Crippen LogP contribution in [0.15, 0.2) is 28.9 Å². The Labute approximate surface area is 111 Å². The van der Waals surface area contributed by atoms with Crippen molar-refractivity contribution >= 4 is 0 Å². The van der Waals surface area contributed by atoms with Gasteiger partial charge >= 0.3 is 0 Å². The Morgan fingerprint density at radius 3 is 3.05 bits per heavy atom. The van der Waals surface area contributed by atoms with Crippen LogP contribution in [0.25, 0.3) is 11.5 Å². The molecule has 0 bridgehead atoms. The lowest BCUT2D eigenvalue weighted by Crippen LogP contribution is -2.18. The van der Waals surface area contributed by atoms with E-state index in [0.717, 1.165) is 17.8 Å². The molecule has 1 N–H and O–H groups in total. The van der Waals surface area contributed by atoms with Crippen LogP contribution in [0.3, 0.4) is 0 Å². The average Bonchev–Trinajstić information content (AvgIpc) is 2.86. The first-order valence-electron chi connectivity index (χ1n) is 6.11. The topological polar surface area (TPSA) is 47.3 Å². The Balaban J connectivity index is 2.06. The van der Waals surface area contributed by atoms with Gasteiger partial charge in [0.2, 0.25) is 5.89 Å². The molecule has 1 aromatic carbocycles. The number of aromatic nitrogens is 1. The molecule has 2 rings (SSSR count). The van der Waals surface area contributed by atoms with Crippen molar-refractivity contribution in [3.8, 4) is 11.5 Å². The second kappa shape index (κ2) is 6.45. The lowest BCUT2D eigenvalue weighted by Gasteiger charge is -2.01. The fourth-order valence-corrected chi connectivity index (χ4v) is 1.73. The van der Waals surface area contributed by atoms with Crippen LogP contribution in [0, 0.1) is 12.7 Å². The lowest BCUT2D eigenvalue weighted by molar-refractivity contribution is 0.199. The van der Waals surface area contributed by atoms with E-state index in [1.807, 2.05) is 6.92 Å². The molecule has 2 aromatic rings. The predicted octanol–water partition coefficient (Wildman–Crippen LogP) is 2.53. The third kappa shape index (κ3) is 3.62. The molecule has 0 saturated carbocycles. The molecule has 5 heteroatoms. The Bertz CT molecular complexity index is 540. The van der Waals surface area contributed by atoms with Crippen molar-refractivity contribution in [1.29, 1.82) is 0 Å². The highest BCUT2D eigenvalue weighted by atomic mass is 19.1. The fraction of sp³-hybridized carbons (Fsp3) is 0.357. The van der Waals surface area contributed by atoms with Crippen LogP contribution in [-0.2, 0) is 11.3 Å². The van der Waals surface area contributed by atoms with Gasteiger partial charge in [0.25, 0.3) is 0 Å². The maximum atomic E-state index is 13.2. The molecule has 0 saturated heterocycles. The van der Waals surface area contributed by atoms with Crippen LogP contribution in [0.5, 0.6) is 0 Å². The molecule has 0 spiro atoms. The van der Waals surface area contributed by atoms with Crippen LogP contribution in [-0.4, -0.2) is 25.2 Å². The molecule has 0 aliphatic carbocycles. The lowest BCUT2D eigenvalue weighted by atomic mass is 10.1. The maximum absolute atomic E-state index is 13.2. The number of nitrogens with zero attached hydrogens (tertiary/aromatic N) is 1. The van der Waals surface area contributed by atoms with Crippen LogP contribution in [0.1, 0.15) is 11.3 Å². The molecule has 0 atom stereocenters. The van der Waals surface area contributed by atoms with Gasteiger partial charge in [-0.1, -0.05) is 6.07 Å². The zero-order valence-corrected chi connectivity index (χ0v) is 11.1. The first-order chi connectivity index (χ1) is 9.20. The second-order valence-electron chi connectivity index (χ2n) is 4.27. The highest BCUT2D eigenvalue weighted by Gasteiger charge is 2.10. The van der Waals surface area contributed by atoms with Crippen molar-refractivity contribution < 1.29 is 13.5 Å². The number of benzene rings is 1. The van der Waals surface area contributed by atoms with Crippen molar-refractivity contribution in [1.82, 2.24) is 10.3 Å². The Morgan fingerprint density at radius 1 is 1.42 bits per heavy atom. The standard InChI is InChI=1S/C14H17FN2O2/c1-10-3-4-11(15)7-13(10)14-17-12(9-19-14)8-16-5-6-18-2/h3-4,7,9,16H,5-6,8H2,1-2H3. The van der Waals surface area contributed by atoms with E-state index in [9.17, 15) is 4.39 Å². The van der Waals surface area contributed by atoms with Gasteiger partial charge in [0.15, 0.2) is 0 Å². The van der Waals surface area contributed by atoms with Crippen molar-refractivity contribution in [3.05, 3.63) is 41.5 Å². The van der Waals surface area contributed by atoms with E-state index < -0.39 is 0 Å². The van der Waals surface area contributed by atoms with E-state index in [2.05, 4.69) is 10.3 Å². The van der Waals surface area contributed by atoms with Crippen LogP contribution in [0.2, 0.25) is 0 Å². The van der Waals surface area contributed by atoms with Gasteiger partial charge in [-0.05, 0) is 24.6 Å². The van der Waals surface area contributed by atoms with E-state index in [-0.39, 0.29) is 5.82 Å². The van der Waals surface area contributed by atoms with Crippen LogP contribution >= 0.6 is 0 Å². The monoisotopic (exact) mass is 264 g/mol. The Hall–Kier alpha value is -1.72. The molecule has 1 aromatic heterocycles. The van der Waals surface area contributed by atoms with Crippen molar-refractivity contribution in [2.24, 2.45) is 0 Å². The summed E-state index contributed by atoms with van der Waals surface area (Å²) in [5.74, 6) is 0.152. The second-order valence-corrected chi connectivity index (χ2v) is 4.27. The highest BCUT2D eigenvalue weighted by Crippen LogP contribution is 2.23. The summed E-state index contributed by atoms with van der Waals surface area (Å²) in [5, 5.41) is 3.17. The van der Waals surface area contributed by atoms with Gasteiger partial charge in [0, 0.05) is 25.8 Å².